The van der Waals surface area contributed by atoms with Crippen molar-refractivity contribution >= 4 is 23.3 Å². The van der Waals surface area contributed by atoms with E-state index in [2.05, 4.69) is 35.1 Å². The van der Waals surface area contributed by atoms with Crippen LogP contribution in [0.3, 0.4) is 0 Å². The van der Waals surface area contributed by atoms with Crippen molar-refractivity contribution in [2.45, 2.75) is 39.3 Å². The van der Waals surface area contributed by atoms with Crippen molar-refractivity contribution in [3.63, 3.8) is 0 Å². The quantitative estimate of drug-likeness (QED) is 0.858. The number of hydrogen-bond acceptors (Lipinski definition) is 1. The number of urea groups is 1. The second-order valence-corrected chi connectivity index (χ2v) is 6.37. The monoisotopic (exact) mass is 331 g/mol. The molecule has 2 heterocycles. The first-order valence-electron chi connectivity index (χ1n) is 8.09. The topological polar surface area (TPSA) is 37.3 Å². The summed E-state index contributed by atoms with van der Waals surface area (Å²) in [5, 5.41) is 3.69. The average Bonchev–Trinajstić information content (AvgIpc) is 3.01. The number of hydrogen-bond donors (Lipinski definition) is 1. The molecule has 1 aromatic carbocycles. The van der Waals surface area contributed by atoms with E-state index in [1.165, 1.54) is 5.69 Å². The Labute approximate surface area is 142 Å². The van der Waals surface area contributed by atoms with Gasteiger partial charge in [0.25, 0.3) is 0 Å². The van der Waals surface area contributed by atoms with E-state index in [1.807, 2.05) is 30.0 Å². The molecule has 3 rings (SSSR count). The molecule has 122 valence electrons. The van der Waals surface area contributed by atoms with Crippen LogP contribution in [0, 0.1) is 6.92 Å². The van der Waals surface area contributed by atoms with Crippen molar-refractivity contribution in [2.24, 2.45) is 0 Å². The zero-order valence-corrected chi connectivity index (χ0v) is 14.3. The summed E-state index contributed by atoms with van der Waals surface area (Å²) in [7, 11) is 0. The molecule has 0 aliphatic carbocycles. The lowest BCUT2D eigenvalue weighted by Crippen LogP contribution is -2.44. The van der Waals surface area contributed by atoms with Crippen LogP contribution >= 0.6 is 11.6 Å². The summed E-state index contributed by atoms with van der Waals surface area (Å²) in [5.41, 5.74) is 2.89. The van der Waals surface area contributed by atoms with Crippen molar-refractivity contribution in [3.05, 3.63) is 52.8 Å². The van der Waals surface area contributed by atoms with Gasteiger partial charge in [-0.1, -0.05) is 31.0 Å². The van der Waals surface area contributed by atoms with Crippen LogP contribution in [0.25, 0.3) is 0 Å². The molecule has 1 aliphatic heterocycles. The lowest BCUT2D eigenvalue weighted by atomic mass is 10.0. The predicted octanol–water partition coefficient (Wildman–Crippen LogP) is 4.84. The molecule has 0 bridgehead atoms. The second kappa shape index (κ2) is 6.67. The predicted molar refractivity (Wildman–Crippen MR) is 94.0 cm³/mol. The van der Waals surface area contributed by atoms with E-state index < -0.39 is 0 Å². The van der Waals surface area contributed by atoms with Crippen LogP contribution in [-0.2, 0) is 6.54 Å². The van der Waals surface area contributed by atoms with E-state index in [9.17, 15) is 4.79 Å². The SMILES string of the molecule is CCC[C@H]1c2cccn2CCN1C(=O)Nc1cccc(Cl)c1C. The van der Waals surface area contributed by atoms with Gasteiger partial charge in [-0.15, -0.1) is 0 Å². The van der Waals surface area contributed by atoms with Gasteiger partial charge in [0.15, 0.2) is 0 Å². The lowest BCUT2D eigenvalue weighted by molar-refractivity contribution is 0.163. The zero-order valence-electron chi connectivity index (χ0n) is 13.6. The molecule has 1 aromatic heterocycles. The van der Waals surface area contributed by atoms with Gasteiger partial charge in [-0.2, -0.15) is 0 Å². The summed E-state index contributed by atoms with van der Waals surface area (Å²) in [5.74, 6) is 0. The van der Waals surface area contributed by atoms with Crippen LogP contribution in [0.15, 0.2) is 36.5 Å². The van der Waals surface area contributed by atoms with Crippen molar-refractivity contribution in [1.82, 2.24) is 9.47 Å². The molecule has 0 saturated carbocycles. The average molecular weight is 332 g/mol. The molecule has 23 heavy (non-hydrogen) atoms. The number of anilines is 1. The van der Waals surface area contributed by atoms with Crippen LogP contribution in [-0.4, -0.2) is 22.0 Å². The van der Waals surface area contributed by atoms with E-state index in [-0.39, 0.29) is 12.1 Å². The molecule has 0 spiro atoms. The molecule has 5 heteroatoms. The molecule has 1 N–H and O–H groups in total. The number of amides is 2. The molecule has 1 aliphatic rings. The highest BCUT2D eigenvalue weighted by atomic mass is 35.5. The highest BCUT2D eigenvalue weighted by molar-refractivity contribution is 6.31. The minimum atomic E-state index is -0.0544. The maximum Gasteiger partial charge on any atom is 0.322 e. The summed E-state index contributed by atoms with van der Waals surface area (Å²) in [4.78, 5) is 14.8. The summed E-state index contributed by atoms with van der Waals surface area (Å²) in [6, 6.07) is 9.83. The Morgan fingerprint density at radius 2 is 2.13 bits per heavy atom. The molecule has 2 aromatic rings. The minimum Gasteiger partial charge on any atom is -0.348 e. The second-order valence-electron chi connectivity index (χ2n) is 5.97. The standard InChI is InChI=1S/C18H22ClN3O/c1-3-6-17-16-9-5-10-21(16)11-12-22(17)18(23)20-15-8-4-7-14(19)13(15)2/h4-5,7-10,17H,3,6,11-12H2,1-2H3,(H,20,23)/t17-/m0/s1. The fraction of sp³-hybridized carbons (Fsp3) is 0.389. The number of benzene rings is 1. The molecule has 0 unspecified atom stereocenters. The van der Waals surface area contributed by atoms with Gasteiger partial charge in [-0.3, -0.25) is 0 Å². The largest absolute Gasteiger partial charge is 0.348 e. The van der Waals surface area contributed by atoms with Gasteiger partial charge in [0, 0.05) is 35.7 Å². The van der Waals surface area contributed by atoms with Crippen molar-refractivity contribution in [3.8, 4) is 0 Å². The maximum absolute atomic E-state index is 12.8. The van der Waals surface area contributed by atoms with Crippen LogP contribution in [0.1, 0.15) is 37.1 Å². The summed E-state index contributed by atoms with van der Waals surface area (Å²) >= 11 is 6.15. The number of carbonyl (C=O) groups excluding carboxylic acids is 1. The highest BCUT2D eigenvalue weighted by Gasteiger charge is 2.30. The molecule has 0 radical (unpaired) electrons. The zero-order chi connectivity index (χ0) is 16.4. The highest BCUT2D eigenvalue weighted by Crippen LogP contribution is 2.31. The third-order valence-electron chi connectivity index (χ3n) is 4.50. The lowest BCUT2D eigenvalue weighted by Gasteiger charge is -2.37. The van der Waals surface area contributed by atoms with Gasteiger partial charge >= 0.3 is 6.03 Å². The van der Waals surface area contributed by atoms with E-state index in [0.717, 1.165) is 37.2 Å². The van der Waals surface area contributed by atoms with Gasteiger partial charge in [-0.05, 0) is 43.2 Å². The number of rotatable bonds is 3. The Hall–Kier alpha value is -1.94. The Kier molecular flexibility index (Phi) is 4.62. The Morgan fingerprint density at radius 1 is 1.30 bits per heavy atom. The normalized spacial score (nSPS) is 17.0. The third-order valence-corrected chi connectivity index (χ3v) is 4.91. The third kappa shape index (κ3) is 3.08. The molecular formula is C18H22ClN3O. The van der Waals surface area contributed by atoms with Crippen LogP contribution in [0.4, 0.5) is 10.5 Å². The van der Waals surface area contributed by atoms with Crippen LogP contribution in [0.2, 0.25) is 5.02 Å². The molecule has 2 amide bonds. The Morgan fingerprint density at radius 3 is 2.91 bits per heavy atom. The number of carbonyl (C=O) groups is 1. The number of nitrogens with zero attached hydrogens (tertiary/aromatic N) is 2. The van der Waals surface area contributed by atoms with Crippen molar-refractivity contribution < 1.29 is 4.79 Å². The van der Waals surface area contributed by atoms with Gasteiger partial charge in [0.05, 0.1) is 6.04 Å². The maximum atomic E-state index is 12.8. The number of nitrogens with one attached hydrogen (secondary N) is 1. The fourth-order valence-electron chi connectivity index (χ4n) is 3.21. The first-order valence-corrected chi connectivity index (χ1v) is 8.47. The first-order chi connectivity index (χ1) is 11.1. The summed E-state index contributed by atoms with van der Waals surface area (Å²) < 4.78 is 2.24. The van der Waals surface area contributed by atoms with E-state index in [0.29, 0.717) is 5.02 Å². The smallest absolute Gasteiger partial charge is 0.322 e. The summed E-state index contributed by atoms with van der Waals surface area (Å²) in [6.45, 7) is 5.63. The first kappa shape index (κ1) is 15.9. The molecule has 4 nitrogen and oxygen atoms in total. The number of halogens is 1. The van der Waals surface area contributed by atoms with Crippen molar-refractivity contribution in [2.75, 3.05) is 11.9 Å². The molecule has 0 fully saturated rings. The van der Waals surface area contributed by atoms with Crippen LogP contribution < -0.4 is 5.32 Å². The number of fused-ring (bicyclic) bond motifs is 1. The van der Waals surface area contributed by atoms with Crippen LogP contribution in [0.5, 0.6) is 0 Å². The summed E-state index contributed by atoms with van der Waals surface area (Å²) in [6.07, 6.45) is 4.09. The molecular weight excluding hydrogens is 310 g/mol. The Balaban J connectivity index is 1.82. The van der Waals surface area contributed by atoms with Gasteiger partial charge in [0.1, 0.15) is 0 Å². The van der Waals surface area contributed by atoms with Gasteiger partial charge in [-0.25, -0.2) is 4.79 Å². The van der Waals surface area contributed by atoms with Gasteiger partial charge in [0.2, 0.25) is 0 Å². The Bertz CT molecular complexity index is 710. The minimum absolute atomic E-state index is 0.0544. The van der Waals surface area contributed by atoms with E-state index >= 15 is 0 Å². The number of aromatic nitrogens is 1. The van der Waals surface area contributed by atoms with Gasteiger partial charge < -0.3 is 14.8 Å². The fourth-order valence-corrected chi connectivity index (χ4v) is 3.39. The van der Waals surface area contributed by atoms with E-state index in [4.69, 9.17) is 11.6 Å². The molecule has 0 saturated heterocycles. The van der Waals surface area contributed by atoms with E-state index in [1.54, 1.807) is 0 Å². The molecule has 1 atom stereocenters. The van der Waals surface area contributed by atoms with Crippen molar-refractivity contribution in [1.29, 1.82) is 0 Å².